The van der Waals surface area contributed by atoms with E-state index in [4.69, 9.17) is 5.11 Å². The van der Waals surface area contributed by atoms with Crippen LogP contribution >= 0.6 is 0 Å². The van der Waals surface area contributed by atoms with Gasteiger partial charge in [0, 0.05) is 27.8 Å². The maximum atomic E-state index is 10.0. The number of carbonyl (C=O) groups is 1. The number of hydrogen-bond donors (Lipinski definition) is 1. The molecule has 0 aliphatic heterocycles. The zero-order chi connectivity index (χ0) is 5.86. The summed E-state index contributed by atoms with van der Waals surface area (Å²) in [5.41, 5.74) is 0. The van der Waals surface area contributed by atoms with Crippen LogP contribution in [0.5, 0.6) is 0 Å². The quantitative estimate of drug-likeness (QED) is 0.299. The smallest absolute Gasteiger partial charge is 0.155 e. The van der Waals surface area contributed by atoms with Gasteiger partial charge in [0.05, 0.1) is 5.76 Å². The fourth-order valence-electron chi connectivity index (χ4n) is 0.294. The summed E-state index contributed by atoms with van der Waals surface area (Å²) in [4.78, 5) is 10.0. The van der Waals surface area contributed by atoms with Gasteiger partial charge in [-0.15, -0.1) is 0 Å². The first-order chi connectivity index (χ1) is 3.13. The van der Waals surface area contributed by atoms with Gasteiger partial charge in [-0.05, 0) is 13.8 Å². The van der Waals surface area contributed by atoms with Gasteiger partial charge in [-0.1, -0.05) is 0 Å². The van der Waals surface area contributed by atoms with E-state index in [1.807, 2.05) is 0 Å². The summed E-state index contributed by atoms with van der Waals surface area (Å²) < 4.78 is 0. The van der Waals surface area contributed by atoms with Crippen molar-refractivity contribution >= 4 is 5.78 Å². The van der Waals surface area contributed by atoms with Crippen LogP contribution in [0.4, 0.5) is 0 Å². The van der Waals surface area contributed by atoms with Crippen molar-refractivity contribution in [2.24, 2.45) is 0 Å². The van der Waals surface area contributed by atoms with Gasteiger partial charge >= 0.3 is 0 Å². The maximum Gasteiger partial charge on any atom is 0.155 e. The van der Waals surface area contributed by atoms with E-state index >= 15 is 0 Å². The molecule has 7 heteroatoms. The Bertz CT molecular complexity index is 109. The molecular weight excluding hydrogens is 204 g/mol. The second kappa shape index (κ2) is 22.4. The number of allylic oxidation sites excluding steroid dienone is 2. The van der Waals surface area contributed by atoms with Crippen LogP contribution < -0.4 is 0 Å². The summed E-state index contributed by atoms with van der Waals surface area (Å²) in [6.45, 7) is 2.85. The molecule has 0 radical (unpaired) electrons. The first-order valence-corrected chi connectivity index (χ1v) is 2.01. The standard InChI is InChI=1S/C5H8O2.4H2O.Ti/c1-4(6)3-5(2)7;;;;;/h3,6H,1-2H3;4*1H2;/b4-3-;;;;;. The summed E-state index contributed by atoms with van der Waals surface area (Å²) in [7, 11) is 0. The summed E-state index contributed by atoms with van der Waals surface area (Å²) in [5, 5.41) is 8.36. The predicted octanol–water partition coefficient (Wildman–Crippen LogP) is -2.26. The molecule has 76 valence electrons. The molecule has 0 amide bonds. The van der Waals surface area contributed by atoms with Crippen LogP contribution in [-0.2, 0) is 26.5 Å². The van der Waals surface area contributed by atoms with E-state index in [1.165, 1.54) is 19.9 Å². The Morgan fingerprint density at radius 3 is 1.33 bits per heavy atom. The monoisotopic (exact) mass is 220 g/mol. The zero-order valence-electron chi connectivity index (χ0n) is 6.93. The maximum absolute atomic E-state index is 10.0. The molecule has 12 heavy (non-hydrogen) atoms. The molecule has 0 heterocycles. The molecular formula is C5H16O6Ti. The molecule has 9 N–H and O–H groups in total. The molecule has 0 saturated carbocycles. The van der Waals surface area contributed by atoms with Crippen molar-refractivity contribution in [2.45, 2.75) is 13.8 Å². The number of carbonyl (C=O) groups excluding carboxylic acids is 1. The molecule has 0 aliphatic rings. The van der Waals surface area contributed by atoms with Gasteiger partial charge in [0.25, 0.3) is 0 Å². The third kappa shape index (κ3) is 52.9. The van der Waals surface area contributed by atoms with Gasteiger partial charge in [0.1, 0.15) is 0 Å². The van der Waals surface area contributed by atoms with Crippen molar-refractivity contribution in [3.8, 4) is 0 Å². The van der Waals surface area contributed by atoms with Crippen LogP contribution in [0, 0.1) is 0 Å². The van der Waals surface area contributed by atoms with Crippen LogP contribution in [0.1, 0.15) is 13.8 Å². The molecule has 0 aromatic rings. The minimum atomic E-state index is -0.125. The van der Waals surface area contributed by atoms with Crippen LogP contribution in [0.15, 0.2) is 11.8 Å². The summed E-state index contributed by atoms with van der Waals surface area (Å²) in [6.07, 6.45) is 1.17. The van der Waals surface area contributed by atoms with E-state index in [2.05, 4.69) is 0 Å². The predicted molar refractivity (Wildman–Crippen MR) is 41.5 cm³/mol. The van der Waals surface area contributed by atoms with Crippen LogP contribution in [0.3, 0.4) is 0 Å². The fraction of sp³-hybridized carbons (Fsp3) is 0.400. The van der Waals surface area contributed by atoms with E-state index in [9.17, 15) is 4.79 Å². The first-order valence-electron chi connectivity index (χ1n) is 2.01. The Kier molecular flexibility index (Phi) is 76.7. The Labute approximate surface area is 85.4 Å². The SMILES string of the molecule is CC(=O)/C=C(/C)O.O.O.O.O.[Ti]. The van der Waals surface area contributed by atoms with Crippen molar-refractivity contribution in [3.63, 3.8) is 0 Å². The molecule has 0 atom stereocenters. The van der Waals surface area contributed by atoms with Crippen molar-refractivity contribution in [1.82, 2.24) is 0 Å². The summed E-state index contributed by atoms with van der Waals surface area (Å²) >= 11 is 0. The molecule has 0 spiro atoms. The van der Waals surface area contributed by atoms with Crippen LogP contribution in [0.2, 0.25) is 0 Å². The Morgan fingerprint density at radius 2 is 1.33 bits per heavy atom. The normalized spacial score (nSPS) is 6.67. The molecule has 0 rings (SSSR count). The van der Waals surface area contributed by atoms with Crippen molar-refractivity contribution in [1.29, 1.82) is 0 Å². The molecule has 0 aromatic heterocycles. The molecule has 0 aromatic carbocycles. The second-order valence-electron chi connectivity index (χ2n) is 1.40. The van der Waals surface area contributed by atoms with Gasteiger partial charge in [-0.3, -0.25) is 4.79 Å². The van der Waals surface area contributed by atoms with E-state index < -0.39 is 0 Å². The number of ketones is 1. The van der Waals surface area contributed by atoms with E-state index in [-0.39, 0.29) is 55.2 Å². The Hall–Kier alpha value is -0.236. The van der Waals surface area contributed by atoms with Gasteiger partial charge < -0.3 is 27.0 Å². The zero-order valence-corrected chi connectivity index (χ0v) is 8.49. The van der Waals surface area contributed by atoms with E-state index in [0.29, 0.717) is 0 Å². The molecule has 0 aliphatic carbocycles. The van der Waals surface area contributed by atoms with Crippen molar-refractivity contribution < 1.29 is 53.5 Å². The molecule has 0 saturated heterocycles. The average Bonchev–Trinajstić information content (AvgIpc) is 1.27. The number of rotatable bonds is 1. The van der Waals surface area contributed by atoms with Gasteiger partial charge in [0.2, 0.25) is 0 Å². The summed E-state index contributed by atoms with van der Waals surface area (Å²) in [5.74, 6) is -0.0625. The van der Waals surface area contributed by atoms with Crippen molar-refractivity contribution in [2.75, 3.05) is 0 Å². The largest absolute Gasteiger partial charge is 0.512 e. The van der Waals surface area contributed by atoms with E-state index in [0.717, 1.165) is 0 Å². The fourth-order valence-corrected chi connectivity index (χ4v) is 0.294. The van der Waals surface area contributed by atoms with Gasteiger partial charge in [-0.2, -0.15) is 0 Å². The second-order valence-corrected chi connectivity index (χ2v) is 1.40. The van der Waals surface area contributed by atoms with E-state index in [1.54, 1.807) is 0 Å². The topological polar surface area (TPSA) is 163 Å². The van der Waals surface area contributed by atoms with Gasteiger partial charge in [-0.25, -0.2) is 0 Å². The molecule has 6 nitrogen and oxygen atoms in total. The van der Waals surface area contributed by atoms with Crippen molar-refractivity contribution in [3.05, 3.63) is 11.8 Å². The molecule has 0 bridgehead atoms. The van der Waals surface area contributed by atoms with Crippen LogP contribution in [-0.4, -0.2) is 32.8 Å². The Balaban J connectivity index is -0.0000000180. The minimum absolute atomic E-state index is 0. The van der Waals surface area contributed by atoms with Crippen LogP contribution in [0.25, 0.3) is 0 Å². The number of hydrogen-bond acceptors (Lipinski definition) is 2. The molecule has 0 fully saturated rings. The van der Waals surface area contributed by atoms with Gasteiger partial charge in [0.15, 0.2) is 5.78 Å². The summed E-state index contributed by atoms with van der Waals surface area (Å²) in [6, 6.07) is 0. The molecule has 0 unspecified atom stereocenters. The Morgan fingerprint density at radius 1 is 1.08 bits per heavy atom. The minimum Gasteiger partial charge on any atom is -0.512 e. The number of aliphatic hydroxyl groups is 1. The number of aliphatic hydroxyl groups excluding tert-OH is 1. The third-order valence-electron chi connectivity index (χ3n) is 0.412. The first kappa shape index (κ1) is 41.0. The average molecular weight is 220 g/mol. The third-order valence-corrected chi connectivity index (χ3v) is 0.412.